The van der Waals surface area contributed by atoms with Crippen LogP contribution in [0.2, 0.25) is 10.0 Å². The first-order valence-corrected chi connectivity index (χ1v) is 11.2. The molecule has 0 aliphatic heterocycles. The van der Waals surface area contributed by atoms with Gasteiger partial charge in [-0.05, 0) is 43.2 Å². The zero-order valence-corrected chi connectivity index (χ0v) is 19.8. The van der Waals surface area contributed by atoms with Crippen molar-refractivity contribution in [2.45, 2.75) is 39.0 Å². The van der Waals surface area contributed by atoms with Crippen molar-refractivity contribution in [1.29, 1.82) is 0 Å². The second-order valence-electron chi connectivity index (χ2n) is 7.77. The van der Waals surface area contributed by atoms with Crippen LogP contribution in [0.25, 0.3) is 0 Å². The molecule has 0 unspecified atom stereocenters. The molecule has 1 atom stereocenters. The Morgan fingerprint density at radius 2 is 1.64 bits per heavy atom. The van der Waals surface area contributed by atoms with Crippen molar-refractivity contribution < 1.29 is 14.3 Å². The Balaban J connectivity index is 1.85. The molecule has 1 amide bonds. The highest BCUT2D eigenvalue weighted by Gasteiger charge is 2.23. The fraction of sp³-hybridized carbons (Fsp3) is 0.240. The summed E-state index contributed by atoms with van der Waals surface area (Å²) in [6.07, 6.45) is 1.10. The zero-order valence-electron chi connectivity index (χ0n) is 18.3. The Kier molecular flexibility index (Phi) is 8.31. The standard InChI is InChI=1S/C25H24Cl2N2O4/c1-16(2)33-24(31)13-22(19-8-4-6-10-21(19)27)28-25(32)18-11-12-23(30)29(15-18)14-17-7-3-5-9-20(17)26/h3-12,15-16,22H,13-14H2,1-2H3,(H,28,32)/t22-/m1/s1. The van der Waals surface area contributed by atoms with Crippen LogP contribution in [-0.4, -0.2) is 22.5 Å². The summed E-state index contributed by atoms with van der Waals surface area (Å²) in [5.74, 6) is -0.913. The van der Waals surface area contributed by atoms with E-state index in [0.29, 0.717) is 15.6 Å². The van der Waals surface area contributed by atoms with Crippen LogP contribution >= 0.6 is 23.2 Å². The van der Waals surface area contributed by atoms with Crippen LogP contribution in [0.4, 0.5) is 0 Å². The van der Waals surface area contributed by atoms with E-state index in [0.717, 1.165) is 5.56 Å². The van der Waals surface area contributed by atoms with Gasteiger partial charge in [0.1, 0.15) is 0 Å². The van der Waals surface area contributed by atoms with Crippen molar-refractivity contribution >= 4 is 35.1 Å². The first-order valence-electron chi connectivity index (χ1n) is 10.4. The molecule has 0 aliphatic carbocycles. The number of benzene rings is 2. The molecular formula is C25H24Cl2N2O4. The summed E-state index contributed by atoms with van der Waals surface area (Å²) < 4.78 is 6.66. The minimum Gasteiger partial charge on any atom is -0.463 e. The Morgan fingerprint density at radius 3 is 2.30 bits per heavy atom. The number of halogens is 2. The molecule has 3 aromatic rings. The number of hydrogen-bond donors (Lipinski definition) is 1. The van der Waals surface area contributed by atoms with Crippen molar-refractivity contribution in [3.05, 3.63) is 104 Å². The lowest BCUT2D eigenvalue weighted by Gasteiger charge is -2.21. The van der Waals surface area contributed by atoms with E-state index in [1.165, 1.54) is 22.9 Å². The van der Waals surface area contributed by atoms with E-state index in [9.17, 15) is 14.4 Å². The van der Waals surface area contributed by atoms with Gasteiger partial charge in [-0.1, -0.05) is 59.6 Å². The molecule has 0 aliphatic rings. The van der Waals surface area contributed by atoms with Crippen LogP contribution in [0.1, 0.15) is 47.8 Å². The number of esters is 1. The van der Waals surface area contributed by atoms with Gasteiger partial charge < -0.3 is 14.6 Å². The second-order valence-corrected chi connectivity index (χ2v) is 8.58. The molecule has 6 nitrogen and oxygen atoms in total. The zero-order chi connectivity index (χ0) is 24.0. The Labute approximate surface area is 202 Å². The molecule has 0 radical (unpaired) electrons. The van der Waals surface area contributed by atoms with Crippen molar-refractivity contribution in [2.75, 3.05) is 0 Å². The molecule has 1 N–H and O–H groups in total. The third-order valence-electron chi connectivity index (χ3n) is 4.87. The number of pyridine rings is 1. The van der Waals surface area contributed by atoms with Gasteiger partial charge >= 0.3 is 5.97 Å². The molecule has 0 spiro atoms. The summed E-state index contributed by atoms with van der Waals surface area (Å²) in [7, 11) is 0. The van der Waals surface area contributed by atoms with Crippen LogP contribution in [-0.2, 0) is 16.1 Å². The number of hydrogen-bond acceptors (Lipinski definition) is 4. The van der Waals surface area contributed by atoms with Crippen LogP contribution in [0.15, 0.2) is 71.7 Å². The van der Waals surface area contributed by atoms with Gasteiger partial charge in [0.15, 0.2) is 0 Å². The highest BCUT2D eigenvalue weighted by Crippen LogP contribution is 2.26. The molecule has 3 rings (SSSR count). The van der Waals surface area contributed by atoms with Crippen molar-refractivity contribution in [2.24, 2.45) is 0 Å². The van der Waals surface area contributed by atoms with Crippen molar-refractivity contribution in [3.63, 3.8) is 0 Å². The van der Waals surface area contributed by atoms with Gasteiger partial charge in [0.2, 0.25) is 0 Å². The minimum atomic E-state index is -0.707. The molecule has 0 bridgehead atoms. The first kappa shape index (κ1) is 24.6. The lowest BCUT2D eigenvalue weighted by molar-refractivity contribution is -0.147. The van der Waals surface area contributed by atoms with E-state index in [4.69, 9.17) is 27.9 Å². The molecular weight excluding hydrogens is 463 g/mol. The molecule has 0 saturated carbocycles. The SMILES string of the molecule is CC(C)OC(=O)C[C@@H](NC(=O)c1ccc(=O)n(Cc2ccccc2Cl)c1)c1ccccc1Cl. The predicted molar refractivity (Wildman–Crippen MR) is 129 cm³/mol. The normalized spacial score (nSPS) is 11.8. The maximum atomic E-state index is 13.1. The summed E-state index contributed by atoms with van der Waals surface area (Å²) in [5.41, 5.74) is 1.34. The van der Waals surface area contributed by atoms with Crippen LogP contribution in [0.5, 0.6) is 0 Å². The van der Waals surface area contributed by atoms with Gasteiger partial charge in [-0.15, -0.1) is 0 Å². The topological polar surface area (TPSA) is 77.4 Å². The summed E-state index contributed by atoms with van der Waals surface area (Å²) in [6.45, 7) is 3.72. The molecule has 8 heteroatoms. The molecule has 1 heterocycles. The maximum absolute atomic E-state index is 13.1. The first-order chi connectivity index (χ1) is 15.7. The van der Waals surface area contributed by atoms with Gasteiger partial charge in [0.05, 0.1) is 30.7 Å². The number of ether oxygens (including phenoxy) is 1. The number of carbonyl (C=O) groups is 2. The summed E-state index contributed by atoms with van der Waals surface area (Å²) >= 11 is 12.5. The second kappa shape index (κ2) is 11.2. The largest absolute Gasteiger partial charge is 0.463 e. The fourth-order valence-electron chi connectivity index (χ4n) is 3.32. The van der Waals surface area contributed by atoms with E-state index in [1.54, 1.807) is 50.2 Å². The quantitative estimate of drug-likeness (QED) is 0.453. The number of amides is 1. The smallest absolute Gasteiger partial charge is 0.308 e. The van der Waals surface area contributed by atoms with E-state index in [1.807, 2.05) is 12.1 Å². The Hall–Kier alpha value is -3.09. The lowest BCUT2D eigenvalue weighted by Crippen LogP contribution is -2.32. The fourth-order valence-corrected chi connectivity index (χ4v) is 3.78. The summed E-state index contributed by atoms with van der Waals surface area (Å²) in [6, 6.07) is 16.2. The number of nitrogens with one attached hydrogen (secondary N) is 1. The summed E-state index contributed by atoms with van der Waals surface area (Å²) in [4.78, 5) is 37.8. The van der Waals surface area contributed by atoms with Crippen LogP contribution in [0, 0.1) is 0 Å². The number of aromatic nitrogens is 1. The monoisotopic (exact) mass is 486 g/mol. The van der Waals surface area contributed by atoms with Gasteiger partial charge in [-0.2, -0.15) is 0 Å². The van der Waals surface area contributed by atoms with E-state index >= 15 is 0 Å². The third-order valence-corrected chi connectivity index (χ3v) is 5.58. The Bertz CT molecular complexity index is 1210. The molecule has 0 fully saturated rings. The van der Waals surface area contributed by atoms with Crippen molar-refractivity contribution in [1.82, 2.24) is 9.88 Å². The van der Waals surface area contributed by atoms with E-state index in [-0.39, 0.29) is 30.2 Å². The van der Waals surface area contributed by atoms with Crippen LogP contribution in [0.3, 0.4) is 0 Å². The predicted octanol–water partition coefficient (Wildman–Crippen LogP) is 5.02. The molecule has 0 saturated heterocycles. The lowest BCUT2D eigenvalue weighted by atomic mass is 10.0. The number of nitrogens with zero attached hydrogens (tertiary/aromatic N) is 1. The molecule has 33 heavy (non-hydrogen) atoms. The summed E-state index contributed by atoms with van der Waals surface area (Å²) in [5, 5.41) is 3.80. The number of carbonyl (C=O) groups excluding carboxylic acids is 2. The highest BCUT2D eigenvalue weighted by atomic mass is 35.5. The maximum Gasteiger partial charge on any atom is 0.308 e. The third kappa shape index (κ3) is 6.70. The molecule has 172 valence electrons. The van der Waals surface area contributed by atoms with E-state index in [2.05, 4.69) is 5.32 Å². The average molecular weight is 487 g/mol. The number of rotatable bonds is 8. The van der Waals surface area contributed by atoms with Gasteiger partial charge in [0.25, 0.3) is 11.5 Å². The van der Waals surface area contributed by atoms with Crippen LogP contribution < -0.4 is 10.9 Å². The van der Waals surface area contributed by atoms with Crippen molar-refractivity contribution in [3.8, 4) is 0 Å². The molecule has 2 aromatic carbocycles. The van der Waals surface area contributed by atoms with Gasteiger partial charge in [-0.3, -0.25) is 14.4 Å². The minimum absolute atomic E-state index is 0.0904. The van der Waals surface area contributed by atoms with Gasteiger partial charge in [-0.25, -0.2) is 0 Å². The van der Waals surface area contributed by atoms with E-state index < -0.39 is 17.9 Å². The Morgan fingerprint density at radius 1 is 0.970 bits per heavy atom. The highest BCUT2D eigenvalue weighted by molar-refractivity contribution is 6.31. The average Bonchev–Trinajstić information content (AvgIpc) is 2.76. The van der Waals surface area contributed by atoms with Gasteiger partial charge in [0, 0.05) is 22.3 Å². The molecule has 1 aromatic heterocycles.